The number of hydrogen-bond donors (Lipinski definition) is 9. The van der Waals surface area contributed by atoms with Crippen LogP contribution in [0.25, 0.3) is 0 Å². The Morgan fingerprint density at radius 2 is 1.04 bits per heavy atom. The van der Waals surface area contributed by atoms with Gasteiger partial charge in [-0.3, -0.25) is 4.79 Å². The van der Waals surface area contributed by atoms with E-state index in [-0.39, 0.29) is 17.3 Å². The van der Waals surface area contributed by atoms with Gasteiger partial charge in [-0.1, -0.05) is 0 Å². The minimum absolute atomic E-state index is 0.105. The van der Waals surface area contributed by atoms with E-state index in [0.29, 0.717) is 0 Å². The number of aliphatic hydroxyl groups excluding tert-OH is 1. The molecule has 11 heteroatoms. The minimum Gasteiger partial charge on any atom is -0.394 e. The minimum atomic E-state index is -2.15. The summed E-state index contributed by atoms with van der Waals surface area (Å²) >= 11 is 0. The van der Waals surface area contributed by atoms with Crippen molar-refractivity contribution in [3.63, 3.8) is 0 Å². The number of rotatable bonds is 4. The Morgan fingerprint density at radius 3 is 1.45 bits per heavy atom. The van der Waals surface area contributed by atoms with E-state index in [1.54, 1.807) is 0 Å². The molecular formula is C40H57N5O6. The van der Waals surface area contributed by atoms with Gasteiger partial charge in [0.2, 0.25) is 5.91 Å². The summed E-state index contributed by atoms with van der Waals surface area (Å²) in [6, 6.07) is 14.9. The van der Waals surface area contributed by atoms with E-state index < -0.39 is 52.0 Å². The predicted octanol–water partition coefficient (Wildman–Crippen LogP) is 4.64. The van der Waals surface area contributed by atoms with Crippen LogP contribution in [0.5, 0.6) is 0 Å². The maximum absolute atomic E-state index is 14.2. The fourth-order valence-corrected chi connectivity index (χ4v) is 8.20. The van der Waals surface area contributed by atoms with Gasteiger partial charge in [-0.25, -0.2) is 0 Å². The molecule has 8 bridgehead atoms. The van der Waals surface area contributed by atoms with Crippen molar-refractivity contribution < 1.29 is 30.0 Å². The summed E-state index contributed by atoms with van der Waals surface area (Å²) in [5.41, 5.74) is 0.894. The molecule has 11 nitrogen and oxygen atoms in total. The van der Waals surface area contributed by atoms with E-state index >= 15 is 0 Å². The first-order valence-corrected chi connectivity index (χ1v) is 17.8. The average Bonchev–Trinajstić information content (AvgIpc) is 3.84. The number of amides is 1. The molecule has 6 rings (SSSR count). The molecule has 1 amide bonds. The Bertz CT molecular complexity index is 1960. The lowest BCUT2D eigenvalue weighted by atomic mass is 9.63. The number of fused-ring (bicyclic) bond motifs is 8. The van der Waals surface area contributed by atoms with Gasteiger partial charge in [-0.05, 0) is 131 Å². The van der Waals surface area contributed by atoms with Crippen molar-refractivity contribution >= 4 is 5.91 Å². The topological polar surface area (TPSA) is 182 Å². The average molecular weight is 704 g/mol. The van der Waals surface area contributed by atoms with Gasteiger partial charge in [0.1, 0.15) is 22.8 Å². The SMILES string of the molecule is CC1(C)c2ccc([nH]2)C(C)(C)c2ccc([nH]2)C(C)(C)c2[nH]c(cc2CC(=O)NC2(C)[C@](C)(O)[C@](C)(O)C(CO)O[C@@]2(C)O)C(C)(C)c2ccc1[nH]2. The molecule has 2 aliphatic heterocycles. The number of aromatic nitrogens is 4. The van der Waals surface area contributed by atoms with Crippen molar-refractivity contribution in [3.05, 3.63) is 93.6 Å². The summed E-state index contributed by atoms with van der Waals surface area (Å²) in [5, 5.41) is 47.4. The summed E-state index contributed by atoms with van der Waals surface area (Å²) in [5.74, 6) is -2.64. The molecule has 1 fully saturated rings. The lowest BCUT2D eigenvalue weighted by molar-refractivity contribution is -0.386. The Labute approximate surface area is 300 Å². The smallest absolute Gasteiger partial charge is 0.225 e. The standard InChI is InChI=1S/C40H57N5O6/c1-33(2)23-13-14-24(41-23)34(3,4)26-17-18-28(43-26)36(7,8)32-22(19-29(44-32)35(5,6)27-16-15-25(33)42-27)20-31(47)45-38(10)39(11,49)37(9,48)30(21-46)51-40(38,12)50/h13-19,30,41-44,46,48-50H,20-21H2,1-12H3,(H,45,47)/t30?,37-,38?,39-,40-/m1/s1. The number of carbonyl (C=O) groups excluding carboxylic acids is 1. The lowest BCUT2D eigenvalue weighted by Gasteiger charge is -2.62. The van der Waals surface area contributed by atoms with E-state index in [4.69, 9.17) is 4.74 Å². The van der Waals surface area contributed by atoms with E-state index in [1.807, 2.05) is 6.07 Å². The highest BCUT2D eigenvalue weighted by atomic mass is 16.7. The highest BCUT2D eigenvalue weighted by molar-refractivity contribution is 5.80. The van der Waals surface area contributed by atoms with Crippen LogP contribution in [0.15, 0.2) is 42.5 Å². The molecule has 1 saturated heterocycles. The quantitative estimate of drug-likeness (QED) is 0.149. The number of carbonyl (C=O) groups is 1. The van der Waals surface area contributed by atoms with Crippen LogP contribution >= 0.6 is 0 Å². The first-order valence-electron chi connectivity index (χ1n) is 17.8. The molecule has 278 valence electrons. The molecular weight excluding hydrogens is 646 g/mol. The summed E-state index contributed by atoms with van der Waals surface area (Å²) in [7, 11) is 0. The van der Waals surface area contributed by atoms with Crippen LogP contribution in [0.4, 0.5) is 0 Å². The maximum Gasteiger partial charge on any atom is 0.225 e. The van der Waals surface area contributed by atoms with Crippen LogP contribution in [0, 0.1) is 0 Å². The second-order valence-electron chi connectivity index (χ2n) is 17.8. The molecule has 0 aromatic carbocycles. The third kappa shape index (κ3) is 5.22. The van der Waals surface area contributed by atoms with Crippen LogP contribution in [-0.2, 0) is 37.6 Å². The van der Waals surface area contributed by atoms with E-state index in [0.717, 1.165) is 51.1 Å². The summed E-state index contributed by atoms with van der Waals surface area (Å²) in [6.45, 7) is 22.1. The monoisotopic (exact) mass is 703 g/mol. The second-order valence-corrected chi connectivity index (χ2v) is 17.8. The van der Waals surface area contributed by atoms with Crippen molar-refractivity contribution in [3.8, 4) is 0 Å². The normalized spacial score (nSPS) is 32.0. The van der Waals surface area contributed by atoms with Gasteiger partial charge in [-0.15, -0.1) is 0 Å². The van der Waals surface area contributed by atoms with Gasteiger partial charge in [0.15, 0.2) is 5.79 Å². The molecule has 0 spiro atoms. The molecule has 2 unspecified atom stereocenters. The Hall–Kier alpha value is -3.61. The zero-order valence-electron chi connectivity index (χ0n) is 32.1. The number of ether oxygens (including phenoxy) is 1. The van der Waals surface area contributed by atoms with Gasteiger partial charge >= 0.3 is 0 Å². The Balaban J connectivity index is 1.47. The van der Waals surface area contributed by atoms with Gasteiger partial charge in [0.05, 0.1) is 13.0 Å². The van der Waals surface area contributed by atoms with Crippen LogP contribution in [-0.4, -0.2) is 81.5 Å². The number of aliphatic hydroxyl groups is 4. The van der Waals surface area contributed by atoms with E-state index in [2.05, 4.69) is 117 Å². The Kier molecular flexibility index (Phi) is 8.16. The lowest BCUT2D eigenvalue weighted by Crippen LogP contribution is -2.85. The maximum atomic E-state index is 14.2. The zero-order chi connectivity index (χ0) is 38.0. The first kappa shape index (κ1) is 37.2. The molecule has 0 saturated carbocycles. The third-order valence-corrected chi connectivity index (χ3v) is 13.1. The second kappa shape index (κ2) is 11.2. The fourth-order valence-electron chi connectivity index (χ4n) is 8.20. The number of aromatic amines is 4. The molecule has 4 aromatic rings. The predicted molar refractivity (Wildman–Crippen MR) is 196 cm³/mol. The van der Waals surface area contributed by atoms with E-state index in [9.17, 15) is 25.2 Å². The van der Waals surface area contributed by atoms with Crippen molar-refractivity contribution in [2.45, 2.75) is 140 Å². The summed E-state index contributed by atoms with van der Waals surface area (Å²) < 4.78 is 5.72. The molecule has 0 aliphatic carbocycles. The molecule has 9 N–H and O–H groups in total. The number of H-pyrrole nitrogens is 4. The number of nitrogens with one attached hydrogen (secondary N) is 5. The van der Waals surface area contributed by atoms with Gasteiger partial charge in [0, 0.05) is 67.2 Å². The summed E-state index contributed by atoms with van der Waals surface area (Å²) in [4.78, 5) is 29.1. The van der Waals surface area contributed by atoms with Crippen LogP contribution in [0.2, 0.25) is 0 Å². The van der Waals surface area contributed by atoms with Crippen LogP contribution in [0.3, 0.4) is 0 Å². The van der Waals surface area contributed by atoms with Crippen molar-refractivity contribution in [1.82, 2.24) is 25.3 Å². The first-order chi connectivity index (χ1) is 23.2. The Morgan fingerprint density at radius 1 is 0.647 bits per heavy atom. The molecule has 51 heavy (non-hydrogen) atoms. The van der Waals surface area contributed by atoms with Gasteiger partial charge in [0.25, 0.3) is 0 Å². The fraction of sp³-hybridized carbons (Fsp3) is 0.575. The highest BCUT2D eigenvalue weighted by Crippen LogP contribution is 2.48. The van der Waals surface area contributed by atoms with Gasteiger partial charge in [-0.2, -0.15) is 0 Å². The third-order valence-electron chi connectivity index (χ3n) is 13.1. The van der Waals surface area contributed by atoms with Crippen molar-refractivity contribution in [1.29, 1.82) is 0 Å². The largest absolute Gasteiger partial charge is 0.394 e. The molecule has 5 atom stereocenters. The van der Waals surface area contributed by atoms with Crippen LogP contribution in [0.1, 0.15) is 134 Å². The zero-order valence-corrected chi connectivity index (χ0v) is 32.1. The van der Waals surface area contributed by atoms with Gasteiger partial charge < -0.3 is 50.4 Å². The molecule has 6 heterocycles. The molecule has 4 aromatic heterocycles. The van der Waals surface area contributed by atoms with Crippen molar-refractivity contribution in [2.75, 3.05) is 6.61 Å². The highest BCUT2D eigenvalue weighted by Gasteiger charge is 2.70. The molecule has 0 radical (unpaired) electrons. The van der Waals surface area contributed by atoms with Crippen molar-refractivity contribution in [2.24, 2.45) is 0 Å². The molecule has 2 aliphatic rings. The summed E-state index contributed by atoms with van der Waals surface area (Å²) in [6.07, 6.45) is -1.40. The van der Waals surface area contributed by atoms with Crippen LogP contribution < -0.4 is 5.32 Å². The number of hydrogen-bond acceptors (Lipinski definition) is 6. The van der Waals surface area contributed by atoms with E-state index in [1.165, 1.54) is 27.7 Å².